The van der Waals surface area contributed by atoms with E-state index in [4.69, 9.17) is 15.2 Å². The maximum absolute atomic E-state index is 15.7. The monoisotopic (exact) mass is 1500 g/mol. The Hall–Kier alpha value is -8.28. The fourth-order valence-corrected chi connectivity index (χ4v) is 14.1. The van der Waals surface area contributed by atoms with Gasteiger partial charge in [-0.05, 0) is 59.9 Å². The van der Waals surface area contributed by atoms with Crippen molar-refractivity contribution in [2.75, 3.05) is 65.0 Å². The summed E-state index contributed by atoms with van der Waals surface area (Å²) in [6.45, 7) is 13.9. The quantitative estimate of drug-likeness (QED) is 0.0342. The summed E-state index contributed by atoms with van der Waals surface area (Å²) in [5.74, 6) is -21.1. The minimum Gasteiger partial charge on any atom is -0.481 e. The summed E-state index contributed by atoms with van der Waals surface area (Å²) in [5.41, 5.74) is 5.56. The third kappa shape index (κ3) is 25.5. The van der Waals surface area contributed by atoms with Gasteiger partial charge >= 0.3 is 5.97 Å². The van der Waals surface area contributed by atoms with E-state index in [0.717, 1.165) is 11.3 Å². The number of amides is 9. The van der Waals surface area contributed by atoms with E-state index >= 15 is 18.6 Å². The number of carbonyl (C=O) groups is 15. The Kier molecular flexibility index (Phi) is 34.6. The van der Waals surface area contributed by atoms with Crippen molar-refractivity contribution in [3.05, 3.63) is 28.8 Å². The highest BCUT2D eigenvalue weighted by atomic mass is 32.2. The second-order valence-corrected chi connectivity index (χ2v) is 29.7. The lowest BCUT2D eigenvalue weighted by atomic mass is 9.87. The maximum atomic E-state index is 15.7. The number of aliphatic hydroxyl groups excluding tert-OH is 3. The van der Waals surface area contributed by atoms with E-state index in [9.17, 15) is 78.0 Å². The molecule has 34 heteroatoms. The van der Waals surface area contributed by atoms with Crippen molar-refractivity contribution >= 4 is 110 Å². The van der Waals surface area contributed by atoms with Crippen LogP contribution in [-0.2, 0) is 111 Å². The average molecular weight is 1500 g/mol. The molecular weight excluding hydrogens is 1390 g/mol. The number of fused-ring (bicyclic) bond motifs is 5. The number of ketones is 5. The van der Waals surface area contributed by atoms with Gasteiger partial charge in [-0.1, -0.05) is 68.7 Å². The number of ether oxygens (including phenoxy) is 2. The van der Waals surface area contributed by atoms with E-state index in [-0.39, 0.29) is 96.4 Å². The third-order valence-electron chi connectivity index (χ3n) is 19.3. The molecule has 15 N–H and O–H groups in total. The molecule has 33 nitrogen and oxygen atoms in total. The van der Waals surface area contributed by atoms with Crippen LogP contribution in [0.15, 0.2) is 17.2 Å². The number of carboxylic acid groups (broad SMARTS) is 1. The Morgan fingerprint density at radius 1 is 0.714 bits per heavy atom. The zero-order valence-corrected chi connectivity index (χ0v) is 62.3. The van der Waals surface area contributed by atoms with E-state index in [0.29, 0.717) is 6.61 Å². The van der Waals surface area contributed by atoms with Crippen LogP contribution in [0.4, 0.5) is 0 Å². The Morgan fingerprint density at radius 3 is 1.98 bits per heavy atom. The number of aliphatic carboxylic acids is 1. The standard InChI is InChI=1S/C71H107N11O22S/c1-11-16-103-17-13-44(84)27-46(35(3)4)65(96)75-40(10)54(87)24-42-22-49-47(21-41(42)23-53(86)38(8)20-56(89)62(36(5)6)79-58(91)14-18-104-19-15-72)48-29-50-66(97)73-31-60(93)80-63(37(7)12-2)68(99)74-30-59(92)76-51(34-105(102)70(48)78-49)55(88)25-43(26-61(94)95)71(101)82-32-45(85)28-52(82)67(98)81-64(69(100)77-50)39(9)57(90)33-83/h21-22,35-40,43,45-46,50-52,57,62-64,78,83,85,90H,11-20,23-34,72H2,1-10H3,(H,73,97)(H,74,99)(H,75,96)(H,76,92)(H,77,100)(H,79,91)(H,80,93)(H,81,98)(H,94,95)/t37-,38?,39?,40?,43-,45-,46?,50+,51-,52-,57?,62?,63-,64-,105?/m0/s1. The molecule has 7 unspecified atom stereocenters. The van der Waals surface area contributed by atoms with Crippen molar-refractivity contribution in [3.63, 3.8) is 0 Å². The van der Waals surface area contributed by atoms with E-state index in [2.05, 4.69) is 47.5 Å². The van der Waals surface area contributed by atoms with Gasteiger partial charge in [0.2, 0.25) is 53.2 Å². The summed E-state index contributed by atoms with van der Waals surface area (Å²) in [4.78, 5) is 217. The number of hydrogen-bond acceptors (Lipinski definition) is 22. The van der Waals surface area contributed by atoms with Gasteiger partial charge in [-0.25, -0.2) is 0 Å². The van der Waals surface area contributed by atoms with Crippen LogP contribution < -0.4 is 48.3 Å². The molecule has 0 spiro atoms. The molecule has 0 aliphatic carbocycles. The number of nitrogens with one attached hydrogen (secondary N) is 9. The van der Waals surface area contributed by atoms with Gasteiger partial charge in [-0.3, -0.25) is 76.1 Å². The molecule has 105 heavy (non-hydrogen) atoms. The summed E-state index contributed by atoms with van der Waals surface area (Å²) in [6, 6.07) is -8.40. The summed E-state index contributed by atoms with van der Waals surface area (Å²) >= 11 is 0. The predicted molar refractivity (Wildman–Crippen MR) is 379 cm³/mol. The number of hydrogen-bond donors (Lipinski definition) is 14. The van der Waals surface area contributed by atoms with E-state index < -0.39 is 260 Å². The molecule has 2 bridgehead atoms. The summed E-state index contributed by atoms with van der Waals surface area (Å²) in [6.07, 6.45) is -7.32. The van der Waals surface area contributed by atoms with Crippen molar-refractivity contribution < 1.29 is 106 Å². The highest BCUT2D eigenvalue weighted by Gasteiger charge is 2.46. The second kappa shape index (κ2) is 41.6. The number of rotatable bonds is 33. The van der Waals surface area contributed by atoms with Crippen molar-refractivity contribution in [1.29, 1.82) is 0 Å². The average Bonchev–Trinajstić information content (AvgIpc) is 1.63. The maximum Gasteiger partial charge on any atom is 0.304 e. The van der Waals surface area contributed by atoms with Crippen LogP contribution in [0.2, 0.25) is 0 Å². The van der Waals surface area contributed by atoms with Crippen LogP contribution in [0.1, 0.15) is 144 Å². The number of aromatic amines is 1. The molecule has 9 amide bonds. The fraction of sp³-hybridized carbons (Fsp3) is 0.676. The van der Waals surface area contributed by atoms with Crippen molar-refractivity contribution in [3.8, 4) is 0 Å². The summed E-state index contributed by atoms with van der Waals surface area (Å²) in [5, 5.41) is 62.6. The first kappa shape index (κ1) is 87.4. The number of aromatic nitrogens is 1. The molecule has 0 saturated carbocycles. The molecule has 4 heterocycles. The van der Waals surface area contributed by atoms with Gasteiger partial charge in [0.05, 0.1) is 98.7 Å². The highest BCUT2D eigenvalue weighted by molar-refractivity contribution is 7.85. The number of Topliss-reactive ketones (excluding diaryl/α,β-unsaturated/α-hetero) is 5. The molecule has 1 aromatic heterocycles. The molecule has 2 aromatic rings. The smallest absolute Gasteiger partial charge is 0.304 e. The van der Waals surface area contributed by atoms with Crippen LogP contribution in [-0.4, -0.2) is 242 Å². The lowest BCUT2D eigenvalue weighted by Gasteiger charge is -2.32. The van der Waals surface area contributed by atoms with E-state index in [1.54, 1.807) is 41.5 Å². The predicted octanol–water partition coefficient (Wildman–Crippen LogP) is -2.06. The van der Waals surface area contributed by atoms with Crippen LogP contribution in [0.25, 0.3) is 10.9 Å². The molecule has 1 saturated heterocycles. The van der Waals surface area contributed by atoms with Crippen LogP contribution in [0.5, 0.6) is 0 Å². The SMILES string of the molecule is CCCOCCC(=O)CC(C(=O)NC(C)C(=O)Cc1cc2[nH]c3c(c2cc1CC(=O)C(C)CC(=O)C(NC(=O)CCOCCN)C(C)C)C[C@H]1NC(=O)[C@H](C(C)C(O)CO)NC(=O)[C@@H]2C[C@H](O)CN2C(=O)[C@H](CC(=O)O)CC(=O)[C@H](CS3=O)NC(=O)CNC(=O)[C@H]([C@@H](C)CC)NC(=O)CNC1=O)C(C)C. The highest BCUT2D eigenvalue weighted by Crippen LogP contribution is 2.33. The number of nitrogens with two attached hydrogens (primary N) is 1. The molecule has 3 aliphatic rings. The topological polar surface area (TPSA) is 514 Å². The van der Waals surface area contributed by atoms with Crippen LogP contribution in [0.3, 0.4) is 0 Å². The van der Waals surface area contributed by atoms with Gasteiger partial charge in [0.15, 0.2) is 17.3 Å². The van der Waals surface area contributed by atoms with Gasteiger partial charge in [-0.2, -0.15) is 0 Å². The van der Waals surface area contributed by atoms with Gasteiger partial charge in [0.1, 0.15) is 40.8 Å². The van der Waals surface area contributed by atoms with Crippen molar-refractivity contribution in [2.24, 2.45) is 47.2 Å². The van der Waals surface area contributed by atoms with Crippen LogP contribution in [0, 0.1) is 41.4 Å². The zero-order chi connectivity index (χ0) is 78.3. The van der Waals surface area contributed by atoms with Crippen molar-refractivity contribution in [1.82, 2.24) is 52.4 Å². The first-order valence-electron chi connectivity index (χ1n) is 35.9. The number of nitrogens with zero attached hydrogens (tertiary/aromatic N) is 1. The number of carbonyl (C=O) groups excluding carboxylic acids is 14. The Labute approximate surface area is 612 Å². The van der Waals surface area contributed by atoms with Crippen LogP contribution >= 0.6 is 0 Å². The minimum absolute atomic E-state index is 0.00425. The molecule has 1 aromatic carbocycles. The fourth-order valence-electron chi connectivity index (χ4n) is 12.7. The Bertz CT molecular complexity index is 3530. The Morgan fingerprint density at radius 2 is 1.35 bits per heavy atom. The number of aliphatic hydroxyl groups is 3. The summed E-state index contributed by atoms with van der Waals surface area (Å²) in [7, 11) is -2.67. The first-order chi connectivity index (χ1) is 49.5. The second-order valence-electron chi connectivity index (χ2n) is 28.3. The molecule has 15 atom stereocenters. The number of benzene rings is 1. The van der Waals surface area contributed by atoms with Gasteiger partial charge in [0, 0.05) is 106 Å². The van der Waals surface area contributed by atoms with Gasteiger partial charge < -0.3 is 88.1 Å². The minimum atomic E-state index is -2.67. The third-order valence-corrected chi connectivity index (χ3v) is 20.7. The lowest BCUT2D eigenvalue weighted by Crippen LogP contribution is -2.61. The molecular formula is C71H107N11O22S. The zero-order valence-electron chi connectivity index (χ0n) is 61.5. The van der Waals surface area contributed by atoms with E-state index in [1.807, 2.05) is 6.92 Å². The first-order valence-corrected chi connectivity index (χ1v) is 37.2. The molecule has 5 rings (SSSR count). The molecule has 584 valence electrons. The lowest BCUT2D eigenvalue weighted by molar-refractivity contribution is -0.148. The normalized spacial score (nSPS) is 23.2. The number of carboxylic acids is 1. The molecule has 0 radical (unpaired) electrons. The van der Waals surface area contributed by atoms with Crippen molar-refractivity contribution in [2.45, 2.75) is 206 Å². The largest absolute Gasteiger partial charge is 0.481 e. The molecule has 3 aliphatic heterocycles. The number of H-pyrrole nitrogens is 1. The van der Waals surface area contributed by atoms with Gasteiger partial charge in [0.25, 0.3) is 0 Å². The van der Waals surface area contributed by atoms with E-state index in [1.165, 1.54) is 32.9 Å². The molecule has 1 fully saturated rings. The summed E-state index contributed by atoms with van der Waals surface area (Å²) < 4.78 is 26.5. The Balaban J connectivity index is 1.81. The van der Waals surface area contributed by atoms with Gasteiger partial charge in [-0.15, -0.1) is 0 Å².